The fraction of sp³-hybridized carbons (Fsp3) is 0.250. The topological polar surface area (TPSA) is 26.0 Å². The lowest BCUT2D eigenvalue weighted by molar-refractivity contribution is 0.177. The minimum atomic E-state index is -2.32. The van der Waals surface area contributed by atoms with Gasteiger partial charge < -0.3 is 5.73 Å². The van der Waals surface area contributed by atoms with Gasteiger partial charge in [0.15, 0.2) is 0 Å². The molecule has 0 unspecified atom stereocenters. The second kappa shape index (κ2) is 4.67. The van der Waals surface area contributed by atoms with Gasteiger partial charge in [0.05, 0.1) is 5.75 Å². The molecule has 2 N–H and O–H groups in total. The van der Waals surface area contributed by atoms with Gasteiger partial charge >= 0.3 is 0 Å². The Morgan fingerprint density at radius 1 is 1.46 bits per heavy atom. The van der Waals surface area contributed by atoms with E-state index in [0.717, 1.165) is 11.8 Å². The van der Waals surface area contributed by atoms with Crippen molar-refractivity contribution in [1.82, 2.24) is 0 Å². The van der Waals surface area contributed by atoms with E-state index < -0.39 is 6.43 Å². The Hall–Kier alpha value is -0.480. The van der Waals surface area contributed by atoms with Crippen LogP contribution in [-0.4, -0.2) is 12.2 Å². The molecule has 1 rings (SSSR count). The van der Waals surface area contributed by atoms with Crippen molar-refractivity contribution in [3.63, 3.8) is 0 Å². The van der Waals surface area contributed by atoms with Crippen LogP contribution >= 0.6 is 23.4 Å². The van der Waals surface area contributed by atoms with E-state index >= 15 is 0 Å². The quantitative estimate of drug-likeness (QED) is 0.629. The van der Waals surface area contributed by atoms with Gasteiger partial charge in [0.1, 0.15) is 0 Å². The third kappa shape index (κ3) is 3.40. The molecule has 0 aliphatic carbocycles. The molecule has 0 radical (unpaired) electrons. The Morgan fingerprint density at radius 2 is 2.15 bits per heavy atom. The van der Waals surface area contributed by atoms with E-state index in [1.807, 2.05) is 0 Å². The number of rotatable bonds is 3. The van der Waals surface area contributed by atoms with E-state index in [0.29, 0.717) is 15.6 Å². The van der Waals surface area contributed by atoms with E-state index in [1.54, 1.807) is 18.2 Å². The zero-order chi connectivity index (χ0) is 9.84. The average molecular weight is 224 g/mol. The SMILES string of the molecule is Nc1cc(Cl)ccc1SCC(F)F. The summed E-state index contributed by atoms with van der Waals surface area (Å²) in [5.74, 6) is -0.244. The van der Waals surface area contributed by atoms with Crippen molar-refractivity contribution in [1.29, 1.82) is 0 Å². The summed E-state index contributed by atoms with van der Waals surface area (Å²) in [6.07, 6.45) is -2.32. The van der Waals surface area contributed by atoms with Gasteiger partial charge in [-0.1, -0.05) is 11.6 Å². The van der Waals surface area contributed by atoms with E-state index in [-0.39, 0.29) is 5.75 Å². The first-order valence-corrected chi connectivity index (χ1v) is 4.92. The Balaban J connectivity index is 2.67. The molecule has 0 fully saturated rings. The van der Waals surface area contributed by atoms with Crippen LogP contribution in [0.3, 0.4) is 0 Å². The molecule has 0 bridgehead atoms. The third-order valence-electron chi connectivity index (χ3n) is 1.34. The van der Waals surface area contributed by atoms with Crippen molar-refractivity contribution in [3.8, 4) is 0 Å². The highest BCUT2D eigenvalue weighted by Gasteiger charge is 2.06. The smallest absolute Gasteiger partial charge is 0.247 e. The Morgan fingerprint density at radius 3 is 2.69 bits per heavy atom. The molecule has 72 valence electrons. The molecule has 13 heavy (non-hydrogen) atoms. The molecule has 0 aliphatic rings. The first-order chi connectivity index (χ1) is 6.09. The summed E-state index contributed by atoms with van der Waals surface area (Å²) in [6.45, 7) is 0. The summed E-state index contributed by atoms with van der Waals surface area (Å²) < 4.78 is 23.7. The number of anilines is 1. The predicted octanol–water partition coefficient (Wildman–Crippen LogP) is 3.28. The Labute approximate surface area is 84.3 Å². The van der Waals surface area contributed by atoms with E-state index in [9.17, 15) is 8.78 Å². The van der Waals surface area contributed by atoms with Gasteiger partial charge in [0.25, 0.3) is 0 Å². The number of hydrogen-bond donors (Lipinski definition) is 1. The van der Waals surface area contributed by atoms with Gasteiger partial charge in [-0.2, -0.15) is 0 Å². The zero-order valence-electron chi connectivity index (χ0n) is 6.64. The number of nitrogen functional groups attached to an aromatic ring is 1. The summed E-state index contributed by atoms with van der Waals surface area (Å²) in [7, 11) is 0. The van der Waals surface area contributed by atoms with E-state index in [1.165, 1.54) is 0 Å². The lowest BCUT2D eigenvalue weighted by atomic mass is 10.3. The average Bonchev–Trinajstić information content (AvgIpc) is 2.02. The van der Waals surface area contributed by atoms with Crippen molar-refractivity contribution in [3.05, 3.63) is 23.2 Å². The van der Waals surface area contributed by atoms with Crippen molar-refractivity contribution >= 4 is 29.1 Å². The maximum Gasteiger partial charge on any atom is 0.247 e. The molecule has 0 heterocycles. The number of hydrogen-bond acceptors (Lipinski definition) is 2. The number of nitrogens with two attached hydrogens (primary N) is 1. The van der Waals surface area contributed by atoms with Crippen molar-refractivity contribution in [2.75, 3.05) is 11.5 Å². The number of halogens is 3. The van der Waals surface area contributed by atoms with Gasteiger partial charge in [-0.3, -0.25) is 0 Å². The molecule has 5 heteroatoms. The van der Waals surface area contributed by atoms with Crippen LogP contribution in [0.1, 0.15) is 0 Å². The Kier molecular flexibility index (Phi) is 3.81. The summed E-state index contributed by atoms with van der Waals surface area (Å²) in [6, 6.07) is 4.83. The van der Waals surface area contributed by atoms with Crippen molar-refractivity contribution < 1.29 is 8.78 Å². The second-order valence-electron chi connectivity index (χ2n) is 2.38. The molecule has 1 aromatic rings. The molecular formula is C8H8ClF2NS. The highest BCUT2D eigenvalue weighted by Crippen LogP contribution is 2.28. The van der Waals surface area contributed by atoms with Crippen LogP contribution in [0.25, 0.3) is 0 Å². The standard InChI is InChI=1S/C8H8ClF2NS/c9-5-1-2-7(6(12)3-5)13-4-8(10)11/h1-3,8H,4,12H2. The first-order valence-electron chi connectivity index (χ1n) is 3.55. The van der Waals surface area contributed by atoms with Gasteiger partial charge in [-0.15, -0.1) is 11.8 Å². The predicted molar refractivity (Wildman–Crippen MR) is 52.6 cm³/mol. The van der Waals surface area contributed by atoms with Gasteiger partial charge in [0.2, 0.25) is 6.43 Å². The Bertz CT molecular complexity index is 293. The molecule has 0 aromatic heterocycles. The van der Waals surface area contributed by atoms with Gasteiger partial charge in [0, 0.05) is 15.6 Å². The van der Waals surface area contributed by atoms with E-state index in [4.69, 9.17) is 17.3 Å². The molecule has 0 amide bonds. The monoisotopic (exact) mass is 223 g/mol. The molecule has 0 saturated heterocycles. The summed E-state index contributed by atoms with van der Waals surface area (Å²) in [5.41, 5.74) is 6.00. The van der Waals surface area contributed by atoms with Crippen LogP contribution in [0, 0.1) is 0 Å². The largest absolute Gasteiger partial charge is 0.398 e. The van der Waals surface area contributed by atoms with Crippen LogP contribution in [0.15, 0.2) is 23.1 Å². The number of alkyl halides is 2. The fourth-order valence-corrected chi connectivity index (χ4v) is 1.68. The van der Waals surface area contributed by atoms with Crippen LogP contribution < -0.4 is 5.73 Å². The highest BCUT2D eigenvalue weighted by atomic mass is 35.5. The molecule has 1 nitrogen and oxygen atoms in total. The first kappa shape index (κ1) is 10.6. The second-order valence-corrected chi connectivity index (χ2v) is 3.88. The zero-order valence-corrected chi connectivity index (χ0v) is 8.21. The van der Waals surface area contributed by atoms with Gasteiger partial charge in [-0.25, -0.2) is 8.78 Å². The third-order valence-corrected chi connectivity index (χ3v) is 2.67. The summed E-state index contributed by atoms with van der Waals surface area (Å²) >= 11 is 6.67. The lowest BCUT2D eigenvalue weighted by Gasteiger charge is -2.04. The molecule has 0 saturated carbocycles. The van der Waals surface area contributed by atoms with Crippen LogP contribution in [-0.2, 0) is 0 Å². The van der Waals surface area contributed by atoms with Crippen LogP contribution in [0.5, 0.6) is 0 Å². The minimum Gasteiger partial charge on any atom is -0.398 e. The number of thioether (sulfide) groups is 1. The van der Waals surface area contributed by atoms with E-state index in [2.05, 4.69) is 0 Å². The van der Waals surface area contributed by atoms with Crippen LogP contribution in [0.4, 0.5) is 14.5 Å². The minimum absolute atomic E-state index is 0.244. The maximum atomic E-state index is 11.8. The van der Waals surface area contributed by atoms with Crippen LogP contribution in [0.2, 0.25) is 5.02 Å². The van der Waals surface area contributed by atoms with Crippen molar-refractivity contribution in [2.24, 2.45) is 0 Å². The number of benzene rings is 1. The molecule has 0 atom stereocenters. The lowest BCUT2D eigenvalue weighted by Crippen LogP contribution is -1.95. The summed E-state index contributed by atoms with van der Waals surface area (Å²) in [5, 5.41) is 0.513. The molecule has 0 spiro atoms. The summed E-state index contributed by atoms with van der Waals surface area (Å²) in [4.78, 5) is 0.643. The molecule has 0 aliphatic heterocycles. The normalized spacial score (nSPS) is 10.8. The molecule has 1 aromatic carbocycles. The van der Waals surface area contributed by atoms with Gasteiger partial charge in [-0.05, 0) is 18.2 Å². The molecular weight excluding hydrogens is 216 g/mol. The fourth-order valence-electron chi connectivity index (χ4n) is 0.804. The van der Waals surface area contributed by atoms with Crippen molar-refractivity contribution in [2.45, 2.75) is 11.3 Å². The maximum absolute atomic E-state index is 11.8. The highest BCUT2D eigenvalue weighted by molar-refractivity contribution is 7.99.